The molecule has 1 saturated carbocycles. The number of carbonyl (C=O) groups excluding carboxylic acids is 5. The van der Waals surface area contributed by atoms with Gasteiger partial charge in [-0.05, 0) is 53.1 Å². The Bertz CT molecular complexity index is 1580. The van der Waals surface area contributed by atoms with E-state index in [2.05, 4.69) is 16.0 Å². The normalized spacial score (nSPS) is 22.6. The lowest BCUT2D eigenvalue weighted by Crippen LogP contribution is -2.62. The summed E-state index contributed by atoms with van der Waals surface area (Å²) in [5.41, 5.74) is 4.71. The second-order valence-electron chi connectivity index (χ2n) is 16.7. The van der Waals surface area contributed by atoms with Gasteiger partial charge in [0.25, 0.3) is 5.91 Å². The van der Waals surface area contributed by atoms with E-state index in [1.165, 1.54) is 9.21 Å². The van der Waals surface area contributed by atoms with E-state index in [-0.39, 0.29) is 42.3 Å². The summed E-state index contributed by atoms with van der Waals surface area (Å²) in [5, 5.41) is 8.59. The van der Waals surface area contributed by atoms with Gasteiger partial charge in [-0.2, -0.15) is 4.31 Å². The zero-order valence-electron chi connectivity index (χ0n) is 30.7. The molecule has 0 radical (unpaired) electrons. The Kier molecular flexibility index (Phi) is 11.8. The minimum absolute atomic E-state index is 0.0189. The number of primary amides is 1. The number of carbonyl (C=O) groups is 5. The summed E-state index contributed by atoms with van der Waals surface area (Å²) in [6, 6.07) is 2.53. The molecule has 5 atom stereocenters. The number of hydrogen-bond donors (Lipinski definition) is 4. The van der Waals surface area contributed by atoms with Crippen molar-refractivity contribution in [2.45, 2.75) is 123 Å². The largest absolute Gasteiger partial charge is 0.363 e. The molecule has 1 saturated heterocycles. The van der Waals surface area contributed by atoms with E-state index in [0.717, 1.165) is 19.3 Å². The van der Waals surface area contributed by atoms with Crippen LogP contribution in [0.1, 0.15) is 93.1 Å². The molecule has 13 nitrogen and oxygen atoms in total. The Labute approximate surface area is 296 Å². The second-order valence-corrected chi connectivity index (χ2v) is 18.6. The Hall–Kier alpha value is -3.52. The van der Waals surface area contributed by atoms with Crippen molar-refractivity contribution in [3.05, 3.63) is 29.8 Å². The molecule has 50 heavy (non-hydrogen) atoms. The number of hydrogen-bond acceptors (Lipinski definition) is 7. The van der Waals surface area contributed by atoms with E-state index < -0.39 is 74.6 Å². The van der Waals surface area contributed by atoms with Crippen LogP contribution in [0.2, 0.25) is 0 Å². The number of nitrogens with zero attached hydrogens (tertiary/aromatic N) is 2. The molecule has 5 N–H and O–H groups in total. The lowest BCUT2D eigenvalue weighted by Gasteiger charge is -2.38. The van der Waals surface area contributed by atoms with Gasteiger partial charge < -0.3 is 26.6 Å². The number of fused-ring (bicyclic) bond motifs is 1. The molecule has 0 spiro atoms. The van der Waals surface area contributed by atoms with Crippen LogP contribution in [0.25, 0.3) is 0 Å². The highest BCUT2D eigenvalue weighted by Gasteiger charge is 2.48. The van der Waals surface area contributed by atoms with Gasteiger partial charge in [0.15, 0.2) is 0 Å². The van der Waals surface area contributed by atoms with E-state index in [0.29, 0.717) is 18.4 Å². The minimum atomic E-state index is -3.74. The van der Waals surface area contributed by atoms with Crippen molar-refractivity contribution in [2.24, 2.45) is 34.3 Å². The average molecular weight is 717 g/mol. The van der Waals surface area contributed by atoms with Gasteiger partial charge in [-0.15, -0.1) is 0 Å². The predicted molar refractivity (Wildman–Crippen MR) is 189 cm³/mol. The number of ketones is 1. The highest BCUT2D eigenvalue weighted by Crippen LogP contribution is 2.35. The van der Waals surface area contributed by atoms with Crippen LogP contribution in [0, 0.1) is 28.6 Å². The highest BCUT2D eigenvalue weighted by molar-refractivity contribution is 7.89. The van der Waals surface area contributed by atoms with Crippen molar-refractivity contribution in [3.63, 3.8) is 0 Å². The summed E-state index contributed by atoms with van der Waals surface area (Å²) in [6.07, 6.45) is 3.68. The summed E-state index contributed by atoms with van der Waals surface area (Å²) in [7, 11) is -3.74. The molecular weight excluding hydrogens is 660 g/mol. The first-order valence-electron chi connectivity index (χ1n) is 17.7. The van der Waals surface area contributed by atoms with Gasteiger partial charge in [0.1, 0.15) is 12.1 Å². The molecule has 1 unspecified atom stereocenters. The van der Waals surface area contributed by atoms with Crippen LogP contribution in [0.5, 0.6) is 0 Å². The second kappa shape index (κ2) is 15.0. The number of likely N-dealkylation sites (tertiary alicyclic amines) is 1. The summed E-state index contributed by atoms with van der Waals surface area (Å²) < 4.78 is 28.0. The van der Waals surface area contributed by atoms with Gasteiger partial charge >= 0.3 is 6.03 Å². The monoisotopic (exact) mass is 716 g/mol. The van der Waals surface area contributed by atoms with Gasteiger partial charge in [-0.3, -0.25) is 19.2 Å². The van der Waals surface area contributed by atoms with Crippen molar-refractivity contribution in [1.29, 1.82) is 0 Å². The molecule has 1 aromatic carbocycles. The van der Waals surface area contributed by atoms with Gasteiger partial charge in [-0.25, -0.2) is 13.2 Å². The van der Waals surface area contributed by atoms with Crippen molar-refractivity contribution in [3.8, 4) is 0 Å². The van der Waals surface area contributed by atoms with E-state index >= 15 is 0 Å². The maximum absolute atomic E-state index is 14.4. The Morgan fingerprint density at radius 2 is 1.56 bits per heavy atom. The Balaban J connectivity index is 1.53. The van der Waals surface area contributed by atoms with Crippen LogP contribution < -0.4 is 21.7 Å². The minimum Gasteiger partial charge on any atom is -0.363 e. The lowest BCUT2D eigenvalue weighted by atomic mass is 9.80. The molecule has 278 valence electrons. The van der Waals surface area contributed by atoms with Crippen molar-refractivity contribution in [2.75, 3.05) is 13.1 Å². The SMILES string of the molecule is CC(C)[C@H]1CCN(C(=O)[C@@H](NC(=O)N[C@H](CN2Cc3ccccc3S2(=O)=O)C(C)(C)C)C(C)(C)C)[C@@H]1C(=O)NC(CC1CCC1)C(=O)C(N)=O. The molecule has 0 aromatic heterocycles. The zero-order chi connectivity index (χ0) is 37.3. The molecule has 5 amide bonds. The Morgan fingerprint density at radius 1 is 0.920 bits per heavy atom. The van der Waals surface area contributed by atoms with Crippen LogP contribution >= 0.6 is 0 Å². The quantitative estimate of drug-likeness (QED) is 0.239. The smallest absolute Gasteiger partial charge is 0.315 e. The van der Waals surface area contributed by atoms with E-state index in [1.807, 2.05) is 55.4 Å². The summed E-state index contributed by atoms with van der Waals surface area (Å²) in [5.74, 6) is -2.94. The molecule has 2 aliphatic heterocycles. The van der Waals surface area contributed by atoms with Crippen LogP contribution in [0.15, 0.2) is 29.2 Å². The third-order valence-electron chi connectivity index (χ3n) is 10.6. The number of urea groups is 1. The molecular formula is C36H56N6O7S. The molecule has 2 heterocycles. The molecule has 1 aliphatic carbocycles. The number of nitrogens with two attached hydrogens (primary N) is 1. The summed E-state index contributed by atoms with van der Waals surface area (Å²) in [4.78, 5) is 68.5. The number of benzene rings is 1. The third-order valence-corrected chi connectivity index (χ3v) is 12.5. The standard InChI is InChI=1S/C36H56N6O7S/c1-21(2)24-16-17-42(28(24)32(45)38-25(29(43)31(37)44)18-22-12-11-13-22)33(46)30(36(6,7)8)40-34(47)39-27(35(3,4)5)20-41-19-23-14-9-10-15-26(23)50(41,48)49/h9-10,14-15,21-22,24-25,27-28,30H,11-13,16-20H2,1-8H3,(H2,37,44)(H,38,45)(H2,39,40,47)/t24-,25?,27-,28+,30-/m1/s1. The number of sulfonamides is 1. The Morgan fingerprint density at radius 3 is 2.08 bits per heavy atom. The van der Waals surface area contributed by atoms with Gasteiger partial charge in [0.2, 0.25) is 27.6 Å². The number of nitrogens with one attached hydrogen (secondary N) is 3. The van der Waals surface area contributed by atoms with E-state index in [9.17, 15) is 32.4 Å². The van der Waals surface area contributed by atoms with Gasteiger partial charge in [-0.1, -0.05) is 92.9 Å². The molecule has 3 aliphatic rings. The third kappa shape index (κ3) is 8.67. The van der Waals surface area contributed by atoms with Crippen LogP contribution in [-0.2, 0) is 35.7 Å². The molecule has 14 heteroatoms. The first kappa shape index (κ1) is 39.3. The van der Waals surface area contributed by atoms with E-state index in [4.69, 9.17) is 5.73 Å². The van der Waals surface area contributed by atoms with Crippen molar-refractivity contribution >= 4 is 39.6 Å². The fourth-order valence-corrected chi connectivity index (χ4v) is 8.81. The van der Waals surface area contributed by atoms with Gasteiger partial charge in [0, 0.05) is 25.7 Å². The summed E-state index contributed by atoms with van der Waals surface area (Å²) in [6.45, 7) is 15.6. The van der Waals surface area contributed by atoms with Crippen LogP contribution in [0.3, 0.4) is 0 Å². The van der Waals surface area contributed by atoms with Gasteiger partial charge in [0.05, 0.1) is 10.9 Å². The van der Waals surface area contributed by atoms with Crippen molar-refractivity contribution < 1.29 is 32.4 Å². The first-order chi connectivity index (χ1) is 23.1. The summed E-state index contributed by atoms with van der Waals surface area (Å²) >= 11 is 0. The molecule has 2 fully saturated rings. The highest BCUT2D eigenvalue weighted by atomic mass is 32.2. The zero-order valence-corrected chi connectivity index (χ0v) is 31.6. The topological polar surface area (TPSA) is 188 Å². The van der Waals surface area contributed by atoms with Crippen LogP contribution in [-0.4, -0.2) is 84.4 Å². The van der Waals surface area contributed by atoms with Crippen molar-refractivity contribution in [1.82, 2.24) is 25.2 Å². The van der Waals surface area contributed by atoms with E-state index in [1.54, 1.807) is 24.3 Å². The fourth-order valence-electron chi connectivity index (χ4n) is 7.17. The first-order valence-corrected chi connectivity index (χ1v) is 19.2. The number of Topliss-reactive ketones (excluding diaryl/α,β-unsaturated/α-hetero) is 1. The molecule has 0 bridgehead atoms. The fraction of sp³-hybridized carbons (Fsp3) is 0.694. The number of rotatable bonds is 12. The lowest BCUT2D eigenvalue weighted by molar-refractivity contribution is -0.144. The predicted octanol–water partition coefficient (Wildman–Crippen LogP) is 2.92. The average Bonchev–Trinajstić information content (AvgIpc) is 3.54. The number of amides is 5. The maximum Gasteiger partial charge on any atom is 0.315 e. The molecule has 4 rings (SSSR count). The molecule has 1 aromatic rings. The maximum atomic E-state index is 14.4. The van der Waals surface area contributed by atoms with Crippen LogP contribution in [0.4, 0.5) is 4.79 Å².